The molecule has 0 amide bonds. The topological polar surface area (TPSA) is 96.7 Å². The average Bonchev–Trinajstić information content (AvgIpc) is 3.31. The van der Waals surface area contributed by atoms with Crippen molar-refractivity contribution in [2.24, 2.45) is 5.92 Å². The maximum absolute atomic E-state index is 12.6. The zero-order valence-corrected chi connectivity index (χ0v) is 21.6. The van der Waals surface area contributed by atoms with Gasteiger partial charge in [-0.3, -0.25) is 14.5 Å². The molecular weight excluding hydrogens is 456 g/mol. The van der Waals surface area contributed by atoms with Gasteiger partial charge in [0, 0.05) is 50.2 Å². The van der Waals surface area contributed by atoms with Gasteiger partial charge in [0.05, 0.1) is 6.10 Å². The first-order chi connectivity index (χ1) is 17.4. The number of fused-ring (bicyclic) bond motifs is 1. The van der Waals surface area contributed by atoms with Gasteiger partial charge in [0.25, 0.3) is 5.56 Å². The first-order valence-electron chi connectivity index (χ1n) is 13.4. The highest BCUT2D eigenvalue weighted by molar-refractivity contribution is 5.75. The number of nitrogens with zero attached hydrogens (tertiary/aromatic N) is 3. The van der Waals surface area contributed by atoms with Gasteiger partial charge in [-0.15, -0.1) is 0 Å². The van der Waals surface area contributed by atoms with Gasteiger partial charge in [0.2, 0.25) is 0 Å². The number of hydrogen-bond donors (Lipinski definition) is 2. The molecule has 1 saturated heterocycles. The number of hydrogen-bond acceptors (Lipinski definition) is 6. The normalized spacial score (nSPS) is 18.7. The monoisotopic (exact) mass is 496 g/mol. The fourth-order valence-corrected chi connectivity index (χ4v) is 5.16. The van der Waals surface area contributed by atoms with E-state index in [-0.39, 0.29) is 11.7 Å². The van der Waals surface area contributed by atoms with Crippen LogP contribution in [0.4, 0.5) is 5.82 Å². The minimum absolute atomic E-state index is 0.0115. The van der Waals surface area contributed by atoms with Gasteiger partial charge in [0.1, 0.15) is 11.9 Å². The van der Waals surface area contributed by atoms with E-state index in [1.165, 1.54) is 18.1 Å². The van der Waals surface area contributed by atoms with E-state index < -0.39 is 12.0 Å². The summed E-state index contributed by atoms with van der Waals surface area (Å²) >= 11 is 0. The largest absolute Gasteiger partial charge is 0.480 e. The number of carbonyl (C=O) groups is 1. The molecule has 2 N–H and O–H groups in total. The molecule has 2 aliphatic heterocycles. The van der Waals surface area contributed by atoms with Gasteiger partial charge in [-0.25, -0.2) is 4.98 Å². The Labute approximate surface area is 213 Å². The van der Waals surface area contributed by atoms with E-state index in [4.69, 9.17) is 9.72 Å². The molecule has 0 saturated carbocycles. The van der Waals surface area contributed by atoms with E-state index in [1.54, 1.807) is 16.7 Å². The molecule has 0 aliphatic carbocycles. The van der Waals surface area contributed by atoms with Gasteiger partial charge in [-0.1, -0.05) is 26.0 Å². The van der Waals surface area contributed by atoms with Crippen molar-refractivity contribution in [1.82, 2.24) is 14.5 Å². The van der Waals surface area contributed by atoms with Crippen LogP contribution >= 0.6 is 0 Å². The van der Waals surface area contributed by atoms with E-state index in [0.717, 1.165) is 56.6 Å². The molecule has 0 radical (unpaired) electrons. The number of ether oxygens (including phenoxy) is 1. The molecule has 4 rings (SSSR count). The summed E-state index contributed by atoms with van der Waals surface area (Å²) in [5.74, 6) is 0.547. The Bertz CT molecular complexity index is 1080. The number of aryl methyl sites for hydroxylation is 2. The zero-order valence-electron chi connectivity index (χ0n) is 21.6. The average molecular weight is 497 g/mol. The SMILES string of the molecule is CC(C)CCn1c(C(C(=O)O)N2CCC(OCCCCc3ccc4c(n3)NCCC4)C2)cccc1=O. The van der Waals surface area contributed by atoms with E-state index in [2.05, 4.69) is 31.3 Å². The van der Waals surface area contributed by atoms with Crippen molar-refractivity contribution in [1.29, 1.82) is 0 Å². The lowest BCUT2D eigenvalue weighted by molar-refractivity contribution is -0.143. The van der Waals surface area contributed by atoms with Crippen LogP contribution < -0.4 is 10.9 Å². The van der Waals surface area contributed by atoms with Crippen LogP contribution in [0.3, 0.4) is 0 Å². The van der Waals surface area contributed by atoms with E-state index in [9.17, 15) is 14.7 Å². The molecule has 1 fully saturated rings. The molecule has 0 spiro atoms. The van der Waals surface area contributed by atoms with E-state index in [0.29, 0.717) is 37.9 Å². The minimum atomic E-state index is -0.924. The van der Waals surface area contributed by atoms with Crippen molar-refractivity contribution in [3.63, 3.8) is 0 Å². The molecule has 2 aromatic rings. The zero-order chi connectivity index (χ0) is 25.5. The number of likely N-dealkylation sites (tertiary alicyclic amines) is 1. The van der Waals surface area contributed by atoms with Crippen molar-refractivity contribution in [3.05, 3.63) is 57.6 Å². The summed E-state index contributed by atoms with van der Waals surface area (Å²) in [6.45, 7) is 7.59. The van der Waals surface area contributed by atoms with Crippen LogP contribution in [0.1, 0.15) is 68.9 Å². The number of aliphatic carboxylic acids is 1. The molecule has 2 unspecified atom stereocenters. The molecule has 2 aliphatic rings. The van der Waals surface area contributed by atoms with Gasteiger partial charge in [-0.05, 0) is 68.6 Å². The van der Waals surface area contributed by atoms with Crippen LogP contribution in [0, 0.1) is 5.92 Å². The predicted octanol–water partition coefficient (Wildman–Crippen LogP) is 3.89. The predicted molar refractivity (Wildman–Crippen MR) is 140 cm³/mol. The van der Waals surface area contributed by atoms with Crippen molar-refractivity contribution in [2.75, 3.05) is 31.6 Å². The smallest absolute Gasteiger partial charge is 0.327 e. The fraction of sp³-hybridized carbons (Fsp3) is 0.607. The molecule has 8 nitrogen and oxygen atoms in total. The third-order valence-electron chi connectivity index (χ3n) is 7.20. The molecule has 0 aromatic carbocycles. The minimum Gasteiger partial charge on any atom is -0.480 e. The summed E-state index contributed by atoms with van der Waals surface area (Å²) in [6, 6.07) is 8.44. The number of aromatic nitrogens is 2. The molecular formula is C28H40N4O4. The van der Waals surface area contributed by atoms with E-state index >= 15 is 0 Å². The summed E-state index contributed by atoms with van der Waals surface area (Å²) in [6.07, 6.45) is 6.78. The second-order valence-electron chi connectivity index (χ2n) is 10.4. The van der Waals surface area contributed by atoms with Crippen molar-refractivity contribution in [3.8, 4) is 0 Å². The quantitative estimate of drug-likeness (QED) is 0.430. The lowest BCUT2D eigenvalue weighted by Gasteiger charge is -2.27. The number of rotatable bonds is 12. The number of pyridine rings is 2. The second kappa shape index (κ2) is 12.5. The maximum atomic E-state index is 12.6. The molecule has 36 heavy (non-hydrogen) atoms. The summed E-state index contributed by atoms with van der Waals surface area (Å²) in [4.78, 5) is 31.6. The van der Waals surface area contributed by atoms with Crippen LogP contribution in [0.15, 0.2) is 35.1 Å². The van der Waals surface area contributed by atoms with Gasteiger partial charge >= 0.3 is 5.97 Å². The summed E-state index contributed by atoms with van der Waals surface area (Å²) < 4.78 is 7.76. The van der Waals surface area contributed by atoms with Crippen LogP contribution in [0.25, 0.3) is 0 Å². The molecule has 2 aromatic heterocycles. The number of nitrogens with one attached hydrogen (secondary N) is 1. The molecule has 196 valence electrons. The van der Waals surface area contributed by atoms with Gasteiger partial charge < -0.3 is 19.7 Å². The van der Waals surface area contributed by atoms with Crippen molar-refractivity contribution < 1.29 is 14.6 Å². The molecule has 0 bridgehead atoms. The van der Waals surface area contributed by atoms with Crippen LogP contribution in [-0.2, 0) is 28.9 Å². The Hall–Kier alpha value is -2.71. The van der Waals surface area contributed by atoms with E-state index in [1.807, 2.05) is 4.90 Å². The van der Waals surface area contributed by atoms with Crippen LogP contribution in [0.5, 0.6) is 0 Å². The fourth-order valence-electron chi connectivity index (χ4n) is 5.16. The van der Waals surface area contributed by atoms with Crippen molar-refractivity contribution >= 4 is 11.8 Å². The highest BCUT2D eigenvalue weighted by atomic mass is 16.5. The Morgan fingerprint density at radius 2 is 2.11 bits per heavy atom. The van der Waals surface area contributed by atoms with Crippen molar-refractivity contribution in [2.45, 2.75) is 77.5 Å². The second-order valence-corrected chi connectivity index (χ2v) is 10.4. The molecule has 2 atom stereocenters. The highest BCUT2D eigenvalue weighted by Gasteiger charge is 2.35. The third kappa shape index (κ3) is 6.73. The van der Waals surface area contributed by atoms with Crippen LogP contribution in [-0.4, -0.2) is 57.9 Å². The number of anilines is 1. The molecule has 8 heteroatoms. The van der Waals surface area contributed by atoms with Gasteiger partial charge in [-0.2, -0.15) is 0 Å². The maximum Gasteiger partial charge on any atom is 0.327 e. The first-order valence-corrected chi connectivity index (χ1v) is 13.4. The lowest BCUT2D eigenvalue weighted by atomic mass is 10.1. The Balaban J connectivity index is 1.27. The first kappa shape index (κ1) is 26.4. The highest BCUT2D eigenvalue weighted by Crippen LogP contribution is 2.27. The van der Waals surface area contributed by atoms with Crippen LogP contribution in [0.2, 0.25) is 0 Å². The molecule has 4 heterocycles. The van der Waals surface area contributed by atoms with Gasteiger partial charge in [0.15, 0.2) is 0 Å². The summed E-state index contributed by atoms with van der Waals surface area (Å²) in [7, 11) is 0. The summed E-state index contributed by atoms with van der Waals surface area (Å²) in [5.41, 5.74) is 2.84. The number of carboxylic acids is 1. The lowest BCUT2D eigenvalue weighted by Crippen LogP contribution is -2.37. The number of unbranched alkanes of at least 4 members (excludes halogenated alkanes) is 1. The number of carboxylic acid groups (broad SMARTS) is 1. The third-order valence-corrected chi connectivity index (χ3v) is 7.20. The summed E-state index contributed by atoms with van der Waals surface area (Å²) in [5, 5.41) is 13.5. The standard InChI is InChI=1S/C28H40N4O4/c1-20(2)13-17-32-24(9-5-10-25(32)33)26(28(34)35)31-16-14-23(19-31)36-18-4-3-8-22-12-11-21-7-6-15-29-27(21)30-22/h5,9-12,20,23,26H,3-4,6-8,13-19H2,1-2H3,(H,29,30)(H,34,35). The Morgan fingerprint density at radius 3 is 2.92 bits per heavy atom. The Morgan fingerprint density at radius 1 is 1.25 bits per heavy atom. The Kier molecular flexibility index (Phi) is 9.15.